The molecule has 0 saturated heterocycles. The molecule has 6 nitrogen and oxygen atoms in total. The van der Waals surface area contributed by atoms with Gasteiger partial charge in [0.15, 0.2) is 11.6 Å². The quantitative estimate of drug-likeness (QED) is 0.736. The summed E-state index contributed by atoms with van der Waals surface area (Å²) in [6.45, 7) is 2.67. The van der Waals surface area contributed by atoms with E-state index in [1.165, 1.54) is 11.1 Å². The lowest BCUT2D eigenvalue weighted by Crippen LogP contribution is -2.31. The zero-order chi connectivity index (χ0) is 16.4. The molecule has 0 aliphatic carbocycles. The van der Waals surface area contributed by atoms with E-state index in [2.05, 4.69) is 25.9 Å². The molecule has 122 valence electrons. The highest BCUT2D eigenvalue weighted by Gasteiger charge is 2.19. The molecule has 0 aromatic carbocycles. The lowest BCUT2D eigenvalue weighted by Gasteiger charge is -2.27. The Morgan fingerprint density at radius 3 is 2.92 bits per heavy atom. The average molecular weight is 322 g/mol. The average Bonchev–Trinajstić information content (AvgIpc) is 3.17. The SMILES string of the molecule is COc1ccc(CN2CCc3nc(-c4ccco4)ncc3C2)cn1. The predicted octanol–water partition coefficient (Wildman–Crippen LogP) is 2.70. The fraction of sp³-hybridized carbons (Fsp3) is 0.278. The van der Waals surface area contributed by atoms with Gasteiger partial charge in [-0.25, -0.2) is 15.0 Å². The van der Waals surface area contributed by atoms with Crippen molar-refractivity contribution >= 4 is 0 Å². The molecule has 0 N–H and O–H groups in total. The van der Waals surface area contributed by atoms with Crippen LogP contribution in [0.25, 0.3) is 11.6 Å². The Bertz CT molecular complexity index is 816. The van der Waals surface area contributed by atoms with E-state index in [0.29, 0.717) is 17.5 Å². The lowest BCUT2D eigenvalue weighted by molar-refractivity contribution is 0.242. The molecule has 3 aromatic rings. The highest BCUT2D eigenvalue weighted by molar-refractivity contribution is 5.46. The van der Waals surface area contributed by atoms with Crippen molar-refractivity contribution in [2.24, 2.45) is 0 Å². The molecule has 4 heterocycles. The molecule has 0 radical (unpaired) electrons. The van der Waals surface area contributed by atoms with Gasteiger partial charge in [0.1, 0.15) is 0 Å². The van der Waals surface area contributed by atoms with E-state index in [1.807, 2.05) is 30.6 Å². The Kier molecular flexibility index (Phi) is 3.96. The van der Waals surface area contributed by atoms with Crippen molar-refractivity contribution in [1.82, 2.24) is 19.9 Å². The summed E-state index contributed by atoms with van der Waals surface area (Å²) < 4.78 is 10.5. The van der Waals surface area contributed by atoms with Crippen LogP contribution in [0.1, 0.15) is 16.8 Å². The van der Waals surface area contributed by atoms with Gasteiger partial charge < -0.3 is 9.15 Å². The number of hydrogen-bond donors (Lipinski definition) is 0. The number of nitrogens with zero attached hydrogens (tertiary/aromatic N) is 4. The summed E-state index contributed by atoms with van der Waals surface area (Å²) in [5, 5.41) is 0. The third kappa shape index (κ3) is 3.00. The highest BCUT2D eigenvalue weighted by Crippen LogP contribution is 2.22. The predicted molar refractivity (Wildman–Crippen MR) is 88.3 cm³/mol. The van der Waals surface area contributed by atoms with Gasteiger partial charge >= 0.3 is 0 Å². The molecule has 0 unspecified atom stereocenters. The number of methoxy groups -OCH3 is 1. The maximum Gasteiger partial charge on any atom is 0.212 e. The van der Waals surface area contributed by atoms with Crippen LogP contribution in [0.2, 0.25) is 0 Å². The number of aromatic nitrogens is 3. The number of furan rings is 1. The van der Waals surface area contributed by atoms with Crippen LogP contribution in [-0.2, 0) is 19.5 Å². The van der Waals surface area contributed by atoms with E-state index in [0.717, 1.165) is 31.7 Å². The van der Waals surface area contributed by atoms with Crippen molar-refractivity contribution < 1.29 is 9.15 Å². The summed E-state index contributed by atoms with van der Waals surface area (Å²) in [6, 6.07) is 7.68. The third-order valence-corrected chi connectivity index (χ3v) is 4.17. The van der Waals surface area contributed by atoms with Crippen molar-refractivity contribution in [2.45, 2.75) is 19.5 Å². The van der Waals surface area contributed by atoms with E-state index in [-0.39, 0.29) is 0 Å². The largest absolute Gasteiger partial charge is 0.481 e. The topological polar surface area (TPSA) is 64.3 Å². The van der Waals surface area contributed by atoms with E-state index in [1.54, 1.807) is 13.4 Å². The Labute approximate surface area is 140 Å². The number of ether oxygens (including phenoxy) is 1. The molecular weight excluding hydrogens is 304 g/mol. The zero-order valence-electron chi connectivity index (χ0n) is 13.5. The number of pyridine rings is 1. The van der Waals surface area contributed by atoms with Crippen LogP contribution in [0.15, 0.2) is 47.3 Å². The molecule has 24 heavy (non-hydrogen) atoms. The Balaban J connectivity index is 1.47. The van der Waals surface area contributed by atoms with Gasteiger partial charge in [-0.1, -0.05) is 6.07 Å². The molecule has 0 bridgehead atoms. The highest BCUT2D eigenvalue weighted by atomic mass is 16.5. The molecule has 0 fully saturated rings. The van der Waals surface area contributed by atoms with Crippen molar-refractivity contribution in [1.29, 1.82) is 0 Å². The molecular formula is C18H18N4O2. The fourth-order valence-electron chi connectivity index (χ4n) is 2.92. The maximum absolute atomic E-state index is 5.38. The molecule has 0 atom stereocenters. The normalized spacial score (nSPS) is 14.4. The van der Waals surface area contributed by atoms with Crippen LogP contribution in [-0.4, -0.2) is 33.5 Å². The molecule has 0 amide bonds. The van der Waals surface area contributed by atoms with Gasteiger partial charge in [-0.2, -0.15) is 0 Å². The molecule has 6 heteroatoms. The first-order valence-corrected chi connectivity index (χ1v) is 7.92. The summed E-state index contributed by atoms with van der Waals surface area (Å²) in [4.78, 5) is 15.7. The number of hydrogen-bond acceptors (Lipinski definition) is 6. The number of rotatable bonds is 4. The van der Waals surface area contributed by atoms with Crippen molar-refractivity contribution in [2.75, 3.05) is 13.7 Å². The Morgan fingerprint density at radius 2 is 2.17 bits per heavy atom. The minimum atomic E-state index is 0.640. The monoisotopic (exact) mass is 322 g/mol. The first-order chi connectivity index (χ1) is 11.8. The van der Waals surface area contributed by atoms with Gasteiger partial charge in [-0.15, -0.1) is 0 Å². The van der Waals surface area contributed by atoms with Gasteiger partial charge in [0.2, 0.25) is 5.88 Å². The van der Waals surface area contributed by atoms with E-state index in [4.69, 9.17) is 9.15 Å². The zero-order valence-corrected chi connectivity index (χ0v) is 13.5. The summed E-state index contributed by atoms with van der Waals surface area (Å²) in [6.07, 6.45) is 6.33. The van der Waals surface area contributed by atoms with Crippen LogP contribution in [0.3, 0.4) is 0 Å². The summed E-state index contributed by atoms with van der Waals surface area (Å²) in [7, 11) is 1.63. The van der Waals surface area contributed by atoms with Crippen LogP contribution in [0, 0.1) is 0 Å². The smallest absolute Gasteiger partial charge is 0.212 e. The first-order valence-electron chi connectivity index (χ1n) is 7.92. The van der Waals surface area contributed by atoms with E-state index < -0.39 is 0 Å². The Hall–Kier alpha value is -2.73. The molecule has 3 aromatic heterocycles. The van der Waals surface area contributed by atoms with E-state index >= 15 is 0 Å². The number of fused-ring (bicyclic) bond motifs is 1. The molecule has 4 rings (SSSR count). The van der Waals surface area contributed by atoms with E-state index in [9.17, 15) is 0 Å². The van der Waals surface area contributed by atoms with Gasteiger partial charge in [0.05, 0.1) is 19.1 Å². The lowest BCUT2D eigenvalue weighted by atomic mass is 10.1. The van der Waals surface area contributed by atoms with Crippen molar-refractivity contribution in [3.63, 3.8) is 0 Å². The first kappa shape index (κ1) is 14.8. The Morgan fingerprint density at radius 1 is 1.21 bits per heavy atom. The van der Waals surface area contributed by atoms with Gasteiger partial charge in [-0.05, 0) is 17.7 Å². The summed E-state index contributed by atoms with van der Waals surface area (Å²) >= 11 is 0. The van der Waals surface area contributed by atoms with Crippen molar-refractivity contribution in [3.05, 3.63) is 59.7 Å². The van der Waals surface area contributed by atoms with Crippen LogP contribution >= 0.6 is 0 Å². The second-order valence-corrected chi connectivity index (χ2v) is 5.81. The summed E-state index contributed by atoms with van der Waals surface area (Å²) in [5.74, 6) is 2.01. The van der Waals surface area contributed by atoms with Crippen LogP contribution < -0.4 is 4.74 Å². The standard InChI is InChI=1S/C18H18N4O2/c1-23-17-5-4-13(9-19-17)11-22-7-6-15-14(12-22)10-20-18(21-15)16-3-2-8-24-16/h2-5,8-10H,6-7,11-12H2,1H3. The summed E-state index contributed by atoms with van der Waals surface area (Å²) in [5.41, 5.74) is 3.46. The van der Waals surface area contributed by atoms with Gasteiger partial charge in [0.25, 0.3) is 0 Å². The molecule has 0 saturated carbocycles. The molecule has 1 aliphatic rings. The van der Waals surface area contributed by atoms with Crippen LogP contribution in [0.4, 0.5) is 0 Å². The minimum absolute atomic E-state index is 0.640. The second kappa shape index (κ2) is 6.41. The second-order valence-electron chi connectivity index (χ2n) is 5.81. The van der Waals surface area contributed by atoms with Crippen LogP contribution in [0.5, 0.6) is 5.88 Å². The third-order valence-electron chi connectivity index (χ3n) is 4.17. The maximum atomic E-state index is 5.38. The van der Waals surface area contributed by atoms with Crippen molar-refractivity contribution in [3.8, 4) is 17.5 Å². The molecule has 0 spiro atoms. The minimum Gasteiger partial charge on any atom is -0.481 e. The molecule has 1 aliphatic heterocycles. The van der Waals surface area contributed by atoms with Gasteiger partial charge in [-0.3, -0.25) is 4.90 Å². The van der Waals surface area contributed by atoms with Gasteiger partial charge in [0, 0.05) is 50.1 Å². The fourth-order valence-corrected chi connectivity index (χ4v) is 2.92.